The summed E-state index contributed by atoms with van der Waals surface area (Å²) in [6.45, 7) is 3.73. The van der Waals surface area contributed by atoms with Gasteiger partial charge in [0.1, 0.15) is 36.6 Å². The van der Waals surface area contributed by atoms with Crippen LogP contribution in [0.1, 0.15) is 187 Å². The molecule has 332 valence electrons. The second-order valence-corrected chi connectivity index (χ2v) is 17.5. The van der Waals surface area contributed by atoms with Gasteiger partial charge in [0.15, 0.2) is 0 Å². The topological polar surface area (TPSA) is 226 Å². The van der Waals surface area contributed by atoms with Crippen molar-refractivity contribution in [3.8, 4) is 0 Å². The van der Waals surface area contributed by atoms with Gasteiger partial charge in [0.05, 0.1) is 31.3 Å². The minimum atomic E-state index is -5.11. The number of unbranched alkanes of at least 4 members (excludes halogenated alkanes) is 21. The number of carbonyl (C=O) groups excluding carboxylic acids is 1. The molecule has 1 rings (SSSR count). The molecule has 0 spiro atoms. The number of hydrogen-bond donors (Lipinski definition) is 9. The maximum atomic E-state index is 12.9. The number of nitrogens with one attached hydrogen (secondary N) is 1. The number of carbonyl (C=O) groups is 1. The zero-order valence-electron chi connectivity index (χ0n) is 34.8. The number of aliphatic hydroxyl groups excluding tert-OH is 7. The van der Waals surface area contributed by atoms with Crippen LogP contribution < -0.4 is 5.32 Å². The van der Waals surface area contributed by atoms with E-state index in [0.29, 0.717) is 12.8 Å². The van der Waals surface area contributed by atoms with Crippen LogP contribution in [0.2, 0.25) is 0 Å². The number of allylic oxidation sites excluding steroid dienone is 2. The highest BCUT2D eigenvalue weighted by atomic mass is 31.2. The Morgan fingerprint density at radius 1 is 0.607 bits per heavy atom. The van der Waals surface area contributed by atoms with Crippen molar-refractivity contribution in [3.63, 3.8) is 0 Å². The van der Waals surface area contributed by atoms with Crippen LogP contribution in [-0.2, 0) is 18.4 Å². The van der Waals surface area contributed by atoms with Gasteiger partial charge in [0.25, 0.3) is 0 Å². The maximum absolute atomic E-state index is 12.9. The van der Waals surface area contributed by atoms with E-state index in [9.17, 15) is 50.0 Å². The lowest BCUT2D eigenvalue weighted by Crippen LogP contribution is -2.64. The van der Waals surface area contributed by atoms with Crippen LogP contribution in [0, 0.1) is 0 Å². The number of amides is 1. The molecule has 1 fully saturated rings. The molecule has 8 unspecified atom stereocenters. The van der Waals surface area contributed by atoms with Crippen molar-refractivity contribution in [2.24, 2.45) is 0 Å². The molecule has 1 amide bonds. The van der Waals surface area contributed by atoms with Gasteiger partial charge in [-0.2, -0.15) is 0 Å². The lowest BCUT2D eigenvalue weighted by Gasteiger charge is -2.41. The third-order valence-electron chi connectivity index (χ3n) is 10.9. The van der Waals surface area contributed by atoms with Crippen LogP contribution in [0.4, 0.5) is 0 Å². The summed E-state index contributed by atoms with van der Waals surface area (Å²) < 4.78 is 22.8. The van der Waals surface area contributed by atoms with Gasteiger partial charge in [-0.3, -0.25) is 13.8 Å². The molecule has 13 nitrogen and oxygen atoms in total. The summed E-state index contributed by atoms with van der Waals surface area (Å²) in [6.07, 6.45) is 18.7. The van der Waals surface area contributed by atoms with E-state index in [4.69, 9.17) is 9.05 Å². The van der Waals surface area contributed by atoms with E-state index in [2.05, 4.69) is 31.3 Å². The fraction of sp³-hybridized carbons (Fsp3) is 0.929. The summed E-state index contributed by atoms with van der Waals surface area (Å²) >= 11 is 0. The Hall–Kier alpha value is -0.960. The third kappa shape index (κ3) is 24.8. The van der Waals surface area contributed by atoms with E-state index >= 15 is 0 Å². The van der Waals surface area contributed by atoms with Crippen molar-refractivity contribution in [3.05, 3.63) is 12.2 Å². The minimum Gasteiger partial charge on any atom is -0.393 e. The Kier molecular flexibility index (Phi) is 31.1. The first-order chi connectivity index (χ1) is 26.8. The Morgan fingerprint density at radius 3 is 1.46 bits per heavy atom. The fourth-order valence-electron chi connectivity index (χ4n) is 7.18. The average Bonchev–Trinajstić information content (AvgIpc) is 3.17. The smallest absolute Gasteiger partial charge is 0.393 e. The highest BCUT2D eigenvalue weighted by molar-refractivity contribution is 7.47. The molecule has 0 aliphatic heterocycles. The quantitative estimate of drug-likeness (QED) is 0.0184. The Morgan fingerprint density at radius 2 is 1.00 bits per heavy atom. The molecule has 1 saturated carbocycles. The standard InChI is InChI=1S/C42H82NO12P/c1-3-5-7-9-11-13-14-15-16-17-18-19-20-21-22-23-25-27-29-33(44)31-36(46)43-34(35(45)30-28-26-24-12-10-8-6-4-2)32-54-56(52,53)55-42-40(50)38(48)37(47)39(49)41(42)51/h18-19,33-35,37-42,44-45,47-51H,3-17,20-32H2,1-2H3,(H,43,46)(H,52,53)/b19-18-. The molecule has 0 bridgehead atoms. The van der Waals surface area contributed by atoms with Crippen molar-refractivity contribution in [2.75, 3.05) is 6.61 Å². The van der Waals surface area contributed by atoms with Gasteiger partial charge in [-0.15, -0.1) is 0 Å². The number of phosphoric acid groups is 1. The van der Waals surface area contributed by atoms with Gasteiger partial charge in [-0.05, 0) is 38.5 Å². The molecule has 0 aromatic rings. The highest BCUT2D eigenvalue weighted by Crippen LogP contribution is 2.47. The largest absolute Gasteiger partial charge is 0.472 e. The van der Waals surface area contributed by atoms with Gasteiger partial charge >= 0.3 is 7.82 Å². The lowest BCUT2D eigenvalue weighted by molar-refractivity contribution is -0.220. The minimum absolute atomic E-state index is 0.226. The van der Waals surface area contributed by atoms with Gasteiger partial charge in [-0.25, -0.2) is 4.57 Å². The van der Waals surface area contributed by atoms with E-state index in [1.165, 1.54) is 70.6 Å². The SMILES string of the molecule is CCCCCCCCCCC/C=C\CCCCCCCC(O)CC(=O)NC(COP(=O)(O)OC1C(O)C(O)C(O)C(O)C1O)C(O)CCCCCCCCCC. The molecule has 0 saturated heterocycles. The highest BCUT2D eigenvalue weighted by Gasteiger charge is 2.51. The summed E-state index contributed by atoms with van der Waals surface area (Å²) in [6, 6.07) is -1.15. The zero-order chi connectivity index (χ0) is 41.6. The first-order valence-corrected chi connectivity index (χ1v) is 23.7. The predicted octanol–water partition coefficient (Wildman–Crippen LogP) is 6.64. The van der Waals surface area contributed by atoms with Crippen molar-refractivity contribution in [1.82, 2.24) is 5.32 Å². The summed E-state index contributed by atoms with van der Waals surface area (Å²) in [4.78, 5) is 23.3. The third-order valence-corrected chi connectivity index (χ3v) is 11.9. The monoisotopic (exact) mass is 824 g/mol. The van der Waals surface area contributed by atoms with Gasteiger partial charge in [-0.1, -0.05) is 154 Å². The van der Waals surface area contributed by atoms with Crippen LogP contribution in [0.5, 0.6) is 0 Å². The van der Waals surface area contributed by atoms with Crippen molar-refractivity contribution in [1.29, 1.82) is 0 Å². The van der Waals surface area contributed by atoms with Crippen LogP contribution >= 0.6 is 7.82 Å². The number of phosphoric ester groups is 1. The van der Waals surface area contributed by atoms with Crippen LogP contribution in [0.15, 0.2) is 12.2 Å². The lowest BCUT2D eigenvalue weighted by atomic mass is 9.85. The summed E-state index contributed by atoms with van der Waals surface area (Å²) in [5.41, 5.74) is 0. The van der Waals surface area contributed by atoms with Crippen LogP contribution in [0.25, 0.3) is 0 Å². The Labute approximate surface area is 338 Å². The van der Waals surface area contributed by atoms with Gasteiger partial charge in [0.2, 0.25) is 5.91 Å². The molecule has 0 heterocycles. The normalized spacial score (nSPS) is 24.2. The Bertz CT molecular complexity index is 1020. The van der Waals surface area contributed by atoms with E-state index in [0.717, 1.165) is 77.0 Å². The number of aliphatic hydroxyl groups is 7. The van der Waals surface area contributed by atoms with Crippen molar-refractivity contribution < 1.29 is 59.0 Å². The molecule has 9 N–H and O–H groups in total. The van der Waals surface area contributed by atoms with E-state index < -0.39 is 75.2 Å². The van der Waals surface area contributed by atoms with Gasteiger partial charge < -0.3 is 46.0 Å². The molecule has 1 aliphatic carbocycles. The molecular weight excluding hydrogens is 741 g/mol. The van der Waals surface area contributed by atoms with Gasteiger partial charge in [0, 0.05) is 0 Å². The van der Waals surface area contributed by atoms with Crippen molar-refractivity contribution >= 4 is 13.7 Å². The first-order valence-electron chi connectivity index (χ1n) is 22.2. The molecule has 0 aromatic heterocycles. The molecule has 56 heavy (non-hydrogen) atoms. The molecule has 1 aliphatic rings. The predicted molar refractivity (Wildman–Crippen MR) is 220 cm³/mol. The second kappa shape index (κ2) is 32.8. The number of rotatable bonds is 36. The maximum Gasteiger partial charge on any atom is 0.472 e. The molecule has 0 radical (unpaired) electrons. The number of hydrogen-bond acceptors (Lipinski definition) is 11. The zero-order valence-corrected chi connectivity index (χ0v) is 35.7. The Balaban J connectivity index is 2.46. The summed E-state index contributed by atoms with van der Waals surface area (Å²) in [5.74, 6) is -0.567. The van der Waals surface area contributed by atoms with Crippen LogP contribution in [0.3, 0.4) is 0 Å². The summed E-state index contributed by atoms with van der Waals surface area (Å²) in [7, 11) is -5.11. The molecular formula is C42H82NO12P. The van der Waals surface area contributed by atoms with Crippen molar-refractivity contribution in [2.45, 2.75) is 242 Å². The molecule has 8 atom stereocenters. The second-order valence-electron chi connectivity index (χ2n) is 16.1. The van der Waals surface area contributed by atoms with E-state index in [1.54, 1.807) is 0 Å². The van der Waals surface area contributed by atoms with E-state index in [-0.39, 0.29) is 12.8 Å². The molecule has 0 aromatic carbocycles. The van der Waals surface area contributed by atoms with Crippen LogP contribution in [-0.4, -0.2) is 108 Å². The fourth-order valence-corrected chi connectivity index (χ4v) is 8.15. The first kappa shape index (κ1) is 53.1. The summed E-state index contributed by atoms with van der Waals surface area (Å²) in [5, 5.41) is 74.3. The molecule has 14 heteroatoms. The average molecular weight is 824 g/mol. The van der Waals surface area contributed by atoms with E-state index in [1.807, 2.05) is 0 Å².